The number of hydrogen-bond acceptors (Lipinski definition) is 5. The molecule has 0 radical (unpaired) electrons. The number of nitrogens with zero attached hydrogens (tertiary/aromatic N) is 2. The molecule has 15 heavy (non-hydrogen) atoms. The highest BCUT2D eigenvalue weighted by molar-refractivity contribution is 5.70. The molecule has 0 bridgehead atoms. The average molecular weight is 212 g/mol. The van der Waals surface area contributed by atoms with Gasteiger partial charge in [0.05, 0.1) is 19.0 Å². The van der Waals surface area contributed by atoms with Crippen molar-refractivity contribution >= 4 is 6.29 Å². The Hall–Kier alpha value is -1.24. The molecule has 2 rings (SSSR count). The Morgan fingerprint density at radius 3 is 3.07 bits per heavy atom. The fourth-order valence-corrected chi connectivity index (χ4v) is 1.63. The normalized spacial score (nSPS) is 30.7. The lowest BCUT2D eigenvalue weighted by molar-refractivity contribution is -0.0443. The van der Waals surface area contributed by atoms with Crippen molar-refractivity contribution in [3.05, 3.63) is 18.2 Å². The molecule has 0 aliphatic carbocycles. The third-order valence-corrected chi connectivity index (χ3v) is 2.46. The van der Waals surface area contributed by atoms with Crippen molar-refractivity contribution in [3.8, 4) is 0 Å². The summed E-state index contributed by atoms with van der Waals surface area (Å²) in [6, 6.07) is 0. The molecular weight excluding hydrogens is 200 g/mol. The van der Waals surface area contributed by atoms with E-state index in [1.807, 2.05) is 0 Å². The Labute approximate surface area is 86.1 Å². The molecule has 0 saturated carbocycles. The highest BCUT2D eigenvalue weighted by atomic mass is 16.5. The van der Waals surface area contributed by atoms with E-state index in [9.17, 15) is 9.90 Å². The molecule has 6 heteroatoms. The second kappa shape index (κ2) is 4.09. The van der Waals surface area contributed by atoms with E-state index in [1.165, 1.54) is 6.33 Å². The lowest BCUT2D eigenvalue weighted by Crippen LogP contribution is -2.24. The third kappa shape index (κ3) is 1.92. The minimum atomic E-state index is -0.679. The van der Waals surface area contributed by atoms with E-state index in [0.29, 0.717) is 18.4 Å². The van der Waals surface area contributed by atoms with Gasteiger partial charge in [0, 0.05) is 12.6 Å². The van der Waals surface area contributed by atoms with Crippen molar-refractivity contribution in [2.24, 2.45) is 0 Å². The quantitative estimate of drug-likeness (QED) is 0.649. The molecule has 2 heterocycles. The largest absolute Gasteiger partial charge is 0.394 e. The van der Waals surface area contributed by atoms with E-state index in [2.05, 4.69) is 4.98 Å². The van der Waals surface area contributed by atoms with Crippen LogP contribution in [0.2, 0.25) is 0 Å². The molecule has 0 aromatic carbocycles. The fraction of sp³-hybridized carbons (Fsp3) is 0.556. The third-order valence-electron chi connectivity index (χ3n) is 2.46. The molecule has 1 aliphatic heterocycles. The second-order valence-corrected chi connectivity index (χ2v) is 3.48. The fourth-order valence-electron chi connectivity index (χ4n) is 1.63. The summed E-state index contributed by atoms with van der Waals surface area (Å²) in [5.74, 6) is 0. The number of ether oxygens (including phenoxy) is 1. The monoisotopic (exact) mass is 212 g/mol. The van der Waals surface area contributed by atoms with Crippen LogP contribution in [0.4, 0.5) is 0 Å². The molecule has 0 amide bonds. The maximum absolute atomic E-state index is 10.4. The van der Waals surface area contributed by atoms with Crippen molar-refractivity contribution in [3.63, 3.8) is 0 Å². The maximum atomic E-state index is 10.4. The number of carbonyl (C=O) groups is 1. The summed E-state index contributed by atoms with van der Waals surface area (Å²) in [5.41, 5.74) is 0.320. The van der Waals surface area contributed by atoms with Crippen molar-refractivity contribution in [1.29, 1.82) is 0 Å². The number of aliphatic hydroxyl groups excluding tert-OH is 2. The van der Waals surface area contributed by atoms with Crippen molar-refractivity contribution in [1.82, 2.24) is 9.55 Å². The minimum absolute atomic E-state index is 0.215. The standard InChI is InChI=1S/C9H12N2O4/c12-3-6-2-11(5-10-6)9-1-7(14)8(4-13)15-9/h2-3,5,7-9,13-14H,1,4H2/t7-,8+,9+/m0/s1. The summed E-state index contributed by atoms with van der Waals surface area (Å²) in [7, 11) is 0. The van der Waals surface area contributed by atoms with Crippen molar-refractivity contribution in [2.45, 2.75) is 24.9 Å². The lowest BCUT2D eigenvalue weighted by Gasteiger charge is -2.12. The van der Waals surface area contributed by atoms with Gasteiger partial charge in [-0.1, -0.05) is 0 Å². The number of carbonyl (C=O) groups excluding carboxylic acids is 1. The molecule has 1 aromatic rings. The smallest absolute Gasteiger partial charge is 0.169 e. The Bertz CT molecular complexity index is 352. The molecule has 0 spiro atoms. The number of aliphatic hydroxyl groups is 2. The van der Waals surface area contributed by atoms with Gasteiger partial charge in [0.2, 0.25) is 0 Å². The summed E-state index contributed by atoms with van der Waals surface area (Å²) >= 11 is 0. The maximum Gasteiger partial charge on any atom is 0.169 e. The van der Waals surface area contributed by atoms with Crippen LogP contribution in [-0.2, 0) is 4.74 Å². The van der Waals surface area contributed by atoms with Gasteiger partial charge in [-0.3, -0.25) is 4.79 Å². The Balaban J connectivity index is 2.09. The number of rotatable bonds is 3. The number of imidazole rings is 1. The molecule has 0 unspecified atom stereocenters. The van der Waals surface area contributed by atoms with E-state index in [4.69, 9.17) is 9.84 Å². The lowest BCUT2D eigenvalue weighted by atomic mass is 10.2. The average Bonchev–Trinajstić information content (AvgIpc) is 2.83. The molecule has 6 nitrogen and oxygen atoms in total. The summed E-state index contributed by atoms with van der Waals surface area (Å²) < 4.78 is 6.99. The second-order valence-electron chi connectivity index (χ2n) is 3.48. The summed E-state index contributed by atoms with van der Waals surface area (Å²) in [5, 5.41) is 18.4. The van der Waals surface area contributed by atoms with Gasteiger partial charge < -0.3 is 19.5 Å². The van der Waals surface area contributed by atoms with E-state index in [-0.39, 0.29) is 12.8 Å². The van der Waals surface area contributed by atoms with Gasteiger partial charge in [0.15, 0.2) is 6.29 Å². The first kappa shape index (κ1) is 10.3. The van der Waals surface area contributed by atoms with Gasteiger partial charge in [-0.15, -0.1) is 0 Å². The molecule has 82 valence electrons. The molecule has 1 saturated heterocycles. The van der Waals surface area contributed by atoms with Crippen LogP contribution in [0.5, 0.6) is 0 Å². The SMILES string of the molecule is O=Cc1cn([C@H]2C[C@H](O)[C@@H](CO)O2)cn1. The highest BCUT2D eigenvalue weighted by Crippen LogP contribution is 2.28. The first-order valence-electron chi connectivity index (χ1n) is 4.67. The van der Waals surface area contributed by atoms with E-state index in [0.717, 1.165) is 0 Å². The van der Waals surface area contributed by atoms with Crippen LogP contribution >= 0.6 is 0 Å². The zero-order valence-corrected chi connectivity index (χ0v) is 7.98. The summed E-state index contributed by atoms with van der Waals surface area (Å²) in [6.07, 6.45) is 2.45. The Morgan fingerprint density at radius 1 is 1.73 bits per heavy atom. The molecule has 3 atom stereocenters. The molecule has 1 aromatic heterocycles. The summed E-state index contributed by atoms with van der Waals surface area (Å²) in [6.45, 7) is -0.215. The van der Waals surface area contributed by atoms with Crippen molar-refractivity contribution < 1.29 is 19.7 Å². The number of aromatic nitrogens is 2. The van der Waals surface area contributed by atoms with Crippen LogP contribution < -0.4 is 0 Å². The van der Waals surface area contributed by atoms with Crippen LogP contribution in [0.15, 0.2) is 12.5 Å². The van der Waals surface area contributed by atoms with Gasteiger partial charge in [0.1, 0.15) is 18.0 Å². The predicted octanol–water partition coefficient (Wildman–Crippen LogP) is -0.664. The Morgan fingerprint density at radius 2 is 2.53 bits per heavy atom. The van der Waals surface area contributed by atoms with E-state index >= 15 is 0 Å². The molecular formula is C9H12N2O4. The van der Waals surface area contributed by atoms with Crippen molar-refractivity contribution in [2.75, 3.05) is 6.61 Å². The van der Waals surface area contributed by atoms with Gasteiger partial charge >= 0.3 is 0 Å². The topological polar surface area (TPSA) is 84.6 Å². The van der Waals surface area contributed by atoms with Crippen LogP contribution in [-0.4, -0.2) is 44.9 Å². The van der Waals surface area contributed by atoms with Gasteiger partial charge in [-0.25, -0.2) is 4.98 Å². The zero-order chi connectivity index (χ0) is 10.8. The molecule has 1 aliphatic rings. The number of aldehydes is 1. The molecule has 2 N–H and O–H groups in total. The number of hydrogen-bond donors (Lipinski definition) is 2. The van der Waals surface area contributed by atoms with Gasteiger partial charge in [-0.2, -0.15) is 0 Å². The zero-order valence-electron chi connectivity index (χ0n) is 7.98. The first-order chi connectivity index (χ1) is 7.24. The van der Waals surface area contributed by atoms with Crippen LogP contribution in [0.25, 0.3) is 0 Å². The van der Waals surface area contributed by atoms with Crippen LogP contribution in [0, 0.1) is 0 Å². The van der Waals surface area contributed by atoms with Crippen LogP contribution in [0.3, 0.4) is 0 Å². The van der Waals surface area contributed by atoms with E-state index < -0.39 is 12.2 Å². The van der Waals surface area contributed by atoms with Gasteiger partial charge in [0.25, 0.3) is 0 Å². The summed E-state index contributed by atoms with van der Waals surface area (Å²) in [4.78, 5) is 14.2. The predicted molar refractivity (Wildman–Crippen MR) is 49.2 cm³/mol. The molecule has 1 fully saturated rings. The Kier molecular flexibility index (Phi) is 2.81. The first-order valence-corrected chi connectivity index (χ1v) is 4.67. The minimum Gasteiger partial charge on any atom is -0.394 e. The van der Waals surface area contributed by atoms with E-state index in [1.54, 1.807) is 10.8 Å². The highest BCUT2D eigenvalue weighted by Gasteiger charge is 2.34. The van der Waals surface area contributed by atoms with Gasteiger partial charge in [-0.05, 0) is 0 Å². The van der Waals surface area contributed by atoms with Crippen LogP contribution in [0.1, 0.15) is 23.1 Å².